The molecule has 0 aliphatic rings. The monoisotopic (exact) mass is 402 g/mol. The molecule has 26 heavy (non-hydrogen) atoms. The zero-order chi connectivity index (χ0) is 18.0. The van der Waals surface area contributed by atoms with Gasteiger partial charge in [0.2, 0.25) is 11.1 Å². The summed E-state index contributed by atoms with van der Waals surface area (Å²) in [4.78, 5) is 18.6. The van der Waals surface area contributed by atoms with Gasteiger partial charge < -0.3 is 5.32 Å². The number of hydrogen-bond acceptors (Lipinski definition) is 6. The van der Waals surface area contributed by atoms with Crippen molar-refractivity contribution in [1.29, 1.82) is 0 Å². The smallest absolute Gasteiger partial charge is 0.230 e. The normalized spacial score (nSPS) is 11.1. The van der Waals surface area contributed by atoms with E-state index in [9.17, 15) is 4.79 Å². The van der Waals surface area contributed by atoms with Crippen LogP contribution in [-0.4, -0.2) is 39.1 Å². The molecule has 0 saturated carbocycles. The number of nitrogens with zero attached hydrogens (tertiary/aromatic N) is 2. The number of nitrogens with one attached hydrogen (secondary N) is 2. The Balaban J connectivity index is 1.34. The van der Waals surface area contributed by atoms with Crippen LogP contribution in [0.1, 0.15) is 10.7 Å². The number of thiophene rings is 1. The first-order valence-electron chi connectivity index (χ1n) is 8.01. The number of aromatic nitrogens is 3. The molecule has 1 aromatic carbocycles. The number of carbonyl (C=O) groups excluding carboxylic acids is 1. The Kier molecular flexibility index (Phi) is 7.36. The molecule has 0 aliphatic heterocycles. The number of thioether (sulfide) groups is 2. The van der Waals surface area contributed by atoms with E-state index in [-0.39, 0.29) is 5.91 Å². The molecule has 8 heteroatoms. The fraction of sp³-hybridized carbons (Fsp3) is 0.167. The largest absolute Gasteiger partial charge is 0.355 e. The molecule has 0 atom stereocenters. The van der Waals surface area contributed by atoms with Crippen LogP contribution in [0.15, 0.2) is 57.9 Å². The minimum atomic E-state index is -0.0101. The third-order valence-electron chi connectivity index (χ3n) is 3.20. The van der Waals surface area contributed by atoms with Gasteiger partial charge in [0.25, 0.3) is 0 Å². The van der Waals surface area contributed by atoms with Gasteiger partial charge in [-0.25, -0.2) is 4.98 Å². The van der Waals surface area contributed by atoms with Gasteiger partial charge in [0, 0.05) is 22.1 Å². The summed E-state index contributed by atoms with van der Waals surface area (Å²) in [5, 5.41) is 12.5. The Hall–Kier alpha value is -2.03. The van der Waals surface area contributed by atoms with Gasteiger partial charge in [-0.1, -0.05) is 36.0 Å². The van der Waals surface area contributed by atoms with E-state index in [1.165, 1.54) is 16.7 Å². The number of amides is 1. The second-order valence-electron chi connectivity index (χ2n) is 5.15. The molecule has 3 aromatic rings. The third-order valence-corrected chi connectivity index (χ3v) is 5.90. The standard InChI is InChI=1S/C18H18N4OS3/c23-17(19-10-12-25-14-5-2-1-3-6-14)13-26-18-20-16(21-22-18)9-8-15-7-4-11-24-15/h1-9,11H,10,12-13H2,(H,19,23)(H,20,21,22)/b9-8+. The van der Waals surface area contributed by atoms with Crippen LogP contribution in [0.5, 0.6) is 0 Å². The van der Waals surface area contributed by atoms with Gasteiger partial charge in [0.15, 0.2) is 0 Å². The topological polar surface area (TPSA) is 70.7 Å². The third kappa shape index (κ3) is 6.36. The first-order chi connectivity index (χ1) is 12.8. The van der Waals surface area contributed by atoms with Crippen LogP contribution in [-0.2, 0) is 4.79 Å². The van der Waals surface area contributed by atoms with E-state index < -0.39 is 0 Å². The van der Waals surface area contributed by atoms with E-state index in [1.54, 1.807) is 23.1 Å². The number of aromatic amines is 1. The first kappa shape index (κ1) is 18.8. The lowest BCUT2D eigenvalue weighted by Gasteiger charge is -2.04. The zero-order valence-electron chi connectivity index (χ0n) is 13.9. The molecular weight excluding hydrogens is 384 g/mol. The summed E-state index contributed by atoms with van der Waals surface area (Å²) in [6.45, 7) is 0.641. The van der Waals surface area contributed by atoms with Crippen LogP contribution < -0.4 is 5.32 Å². The van der Waals surface area contributed by atoms with Gasteiger partial charge in [0.05, 0.1) is 5.75 Å². The molecule has 1 amide bonds. The molecule has 5 nitrogen and oxygen atoms in total. The van der Waals surface area contributed by atoms with Crippen LogP contribution in [0.3, 0.4) is 0 Å². The maximum absolute atomic E-state index is 11.9. The number of benzene rings is 1. The molecule has 0 radical (unpaired) electrons. The lowest BCUT2D eigenvalue weighted by molar-refractivity contribution is -0.118. The summed E-state index contributed by atoms with van der Waals surface area (Å²) in [6.07, 6.45) is 3.86. The number of carbonyl (C=O) groups is 1. The Morgan fingerprint density at radius 2 is 2.04 bits per heavy atom. The van der Waals surface area contributed by atoms with Crippen molar-refractivity contribution in [2.75, 3.05) is 18.1 Å². The van der Waals surface area contributed by atoms with Crippen molar-refractivity contribution in [2.24, 2.45) is 0 Å². The lowest BCUT2D eigenvalue weighted by atomic mass is 10.4. The number of H-pyrrole nitrogens is 1. The summed E-state index contributed by atoms with van der Waals surface area (Å²) in [7, 11) is 0. The molecule has 3 rings (SSSR count). The van der Waals surface area contributed by atoms with E-state index in [0.717, 1.165) is 10.6 Å². The first-order valence-corrected chi connectivity index (χ1v) is 10.9. The van der Waals surface area contributed by atoms with Crippen molar-refractivity contribution >= 4 is 52.9 Å². The Bertz CT molecular complexity index is 831. The van der Waals surface area contributed by atoms with Gasteiger partial charge in [-0.3, -0.25) is 9.89 Å². The quantitative estimate of drug-likeness (QED) is 0.418. The van der Waals surface area contributed by atoms with Crippen LogP contribution in [0.2, 0.25) is 0 Å². The molecule has 2 heterocycles. The molecule has 2 aromatic heterocycles. The Labute approximate surface area is 164 Å². The molecule has 0 aliphatic carbocycles. The lowest BCUT2D eigenvalue weighted by Crippen LogP contribution is -2.27. The van der Waals surface area contributed by atoms with Crippen molar-refractivity contribution in [2.45, 2.75) is 10.1 Å². The van der Waals surface area contributed by atoms with Gasteiger partial charge in [-0.2, -0.15) is 0 Å². The second kappa shape index (κ2) is 10.2. The van der Waals surface area contributed by atoms with Crippen LogP contribution >= 0.6 is 34.9 Å². The van der Waals surface area contributed by atoms with Crippen LogP contribution in [0.25, 0.3) is 12.2 Å². The number of hydrogen-bond donors (Lipinski definition) is 2. The maximum Gasteiger partial charge on any atom is 0.230 e. The Morgan fingerprint density at radius 3 is 2.85 bits per heavy atom. The van der Waals surface area contributed by atoms with E-state index in [4.69, 9.17) is 0 Å². The van der Waals surface area contributed by atoms with Gasteiger partial charge >= 0.3 is 0 Å². The average Bonchev–Trinajstić information content (AvgIpc) is 3.34. The zero-order valence-corrected chi connectivity index (χ0v) is 16.4. The van der Waals surface area contributed by atoms with Gasteiger partial charge in [-0.15, -0.1) is 28.2 Å². The SMILES string of the molecule is O=C(CSc1n[nH]c(/C=C/c2cccs2)n1)NCCSc1ccccc1. The molecule has 0 saturated heterocycles. The van der Waals surface area contributed by atoms with E-state index >= 15 is 0 Å². The van der Waals surface area contributed by atoms with Crippen LogP contribution in [0.4, 0.5) is 0 Å². The molecule has 134 valence electrons. The van der Waals surface area contributed by atoms with Crippen LogP contribution in [0, 0.1) is 0 Å². The molecule has 0 bridgehead atoms. The maximum atomic E-state index is 11.9. The summed E-state index contributed by atoms with van der Waals surface area (Å²) < 4.78 is 0. The van der Waals surface area contributed by atoms with Gasteiger partial charge in [-0.05, 0) is 35.7 Å². The predicted octanol–water partition coefficient (Wildman–Crippen LogP) is 4.04. The van der Waals surface area contributed by atoms with E-state index in [1.807, 2.05) is 47.9 Å². The number of rotatable bonds is 9. The van der Waals surface area contributed by atoms with Crippen molar-refractivity contribution in [3.63, 3.8) is 0 Å². The summed E-state index contributed by atoms with van der Waals surface area (Å²) in [5.74, 6) is 1.82. The fourth-order valence-corrected chi connectivity index (χ4v) is 4.04. The molecule has 0 fully saturated rings. The van der Waals surface area contributed by atoms with E-state index in [2.05, 4.69) is 32.6 Å². The fourth-order valence-electron chi connectivity index (χ4n) is 2.00. The molecular formula is C18H18N4OS3. The van der Waals surface area contributed by atoms with Crippen molar-refractivity contribution in [3.8, 4) is 0 Å². The highest BCUT2D eigenvalue weighted by Gasteiger charge is 2.06. The summed E-state index contributed by atoms with van der Waals surface area (Å²) in [6, 6.07) is 14.2. The minimum Gasteiger partial charge on any atom is -0.355 e. The summed E-state index contributed by atoms with van der Waals surface area (Å²) >= 11 is 4.71. The Morgan fingerprint density at radius 1 is 1.15 bits per heavy atom. The predicted molar refractivity (Wildman–Crippen MR) is 111 cm³/mol. The van der Waals surface area contributed by atoms with Crippen molar-refractivity contribution in [3.05, 3.63) is 58.5 Å². The minimum absolute atomic E-state index is 0.0101. The van der Waals surface area contributed by atoms with Gasteiger partial charge in [0.1, 0.15) is 5.82 Å². The highest BCUT2D eigenvalue weighted by atomic mass is 32.2. The van der Waals surface area contributed by atoms with Crippen molar-refractivity contribution < 1.29 is 4.79 Å². The second-order valence-corrected chi connectivity index (χ2v) is 8.24. The summed E-state index contributed by atoms with van der Waals surface area (Å²) in [5.41, 5.74) is 0. The molecule has 0 spiro atoms. The average molecular weight is 403 g/mol. The molecule has 0 unspecified atom stereocenters. The van der Waals surface area contributed by atoms with E-state index in [0.29, 0.717) is 23.3 Å². The molecule has 2 N–H and O–H groups in total. The highest BCUT2D eigenvalue weighted by Crippen LogP contribution is 2.16. The van der Waals surface area contributed by atoms with Crippen molar-refractivity contribution in [1.82, 2.24) is 20.5 Å². The highest BCUT2D eigenvalue weighted by molar-refractivity contribution is 7.99.